The minimum Gasteiger partial charge on any atom is -0.345 e. The zero-order valence-electron chi connectivity index (χ0n) is 11.2. The summed E-state index contributed by atoms with van der Waals surface area (Å²) in [4.78, 5) is 0. The predicted octanol–water partition coefficient (Wildman–Crippen LogP) is 3.70. The third-order valence-corrected chi connectivity index (χ3v) is 4.11. The Bertz CT molecular complexity index is 668. The van der Waals surface area contributed by atoms with E-state index in [1.807, 2.05) is 13.8 Å². The van der Waals surface area contributed by atoms with Gasteiger partial charge in [0.15, 0.2) is 0 Å². The molecule has 0 fully saturated rings. The maximum absolute atomic E-state index is 9.30. The van der Waals surface area contributed by atoms with Crippen molar-refractivity contribution in [3.63, 3.8) is 0 Å². The van der Waals surface area contributed by atoms with Crippen molar-refractivity contribution in [1.29, 1.82) is 5.26 Å². The van der Waals surface area contributed by atoms with Crippen LogP contribution in [0, 0.1) is 18.3 Å². The second-order valence-corrected chi connectivity index (χ2v) is 5.85. The van der Waals surface area contributed by atoms with Gasteiger partial charge in [-0.3, -0.25) is 0 Å². The number of aryl methyl sites for hydroxylation is 3. The lowest BCUT2D eigenvalue weighted by Gasteiger charge is -2.21. The highest BCUT2D eigenvalue weighted by molar-refractivity contribution is 5.86. The van der Waals surface area contributed by atoms with Crippen molar-refractivity contribution in [3.8, 4) is 6.07 Å². The summed E-state index contributed by atoms with van der Waals surface area (Å²) >= 11 is 0. The highest BCUT2D eigenvalue weighted by Gasteiger charge is 2.23. The van der Waals surface area contributed by atoms with E-state index < -0.39 is 5.41 Å². The first-order valence-corrected chi connectivity index (χ1v) is 6.57. The first-order valence-electron chi connectivity index (χ1n) is 6.57. The maximum atomic E-state index is 9.30. The van der Waals surface area contributed by atoms with Crippen LogP contribution in [0.1, 0.15) is 37.1 Å². The molecule has 2 heterocycles. The fourth-order valence-corrected chi connectivity index (χ4v) is 2.97. The average Bonchev–Trinajstić information content (AvgIpc) is 2.68. The Morgan fingerprint density at radius 1 is 1.28 bits per heavy atom. The van der Waals surface area contributed by atoms with Crippen molar-refractivity contribution in [3.05, 3.63) is 35.0 Å². The largest absolute Gasteiger partial charge is 0.345 e. The molecular formula is C16H18N2. The van der Waals surface area contributed by atoms with Crippen LogP contribution in [-0.4, -0.2) is 4.57 Å². The summed E-state index contributed by atoms with van der Waals surface area (Å²) in [7, 11) is 0. The van der Waals surface area contributed by atoms with E-state index in [1.165, 1.54) is 28.6 Å². The fourth-order valence-electron chi connectivity index (χ4n) is 2.97. The van der Waals surface area contributed by atoms with Crippen molar-refractivity contribution in [2.75, 3.05) is 0 Å². The van der Waals surface area contributed by atoms with E-state index >= 15 is 0 Å². The van der Waals surface area contributed by atoms with Crippen molar-refractivity contribution in [2.45, 2.75) is 45.6 Å². The summed E-state index contributed by atoms with van der Waals surface area (Å²) in [5.74, 6) is 0. The number of nitrogens with zero attached hydrogens (tertiary/aromatic N) is 2. The molecule has 0 bridgehead atoms. The zero-order valence-corrected chi connectivity index (χ0v) is 11.2. The third-order valence-electron chi connectivity index (χ3n) is 4.11. The number of aromatic nitrogens is 1. The lowest BCUT2D eigenvalue weighted by atomic mass is 9.84. The van der Waals surface area contributed by atoms with E-state index in [0.717, 1.165) is 18.5 Å². The van der Waals surface area contributed by atoms with Gasteiger partial charge < -0.3 is 4.57 Å². The topological polar surface area (TPSA) is 28.7 Å². The van der Waals surface area contributed by atoms with Crippen LogP contribution in [0.25, 0.3) is 10.9 Å². The average molecular weight is 238 g/mol. The van der Waals surface area contributed by atoms with E-state index in [4.69, 9.17) is 0 Å². The Hall–Kier alpha value is -1.75. The van der Waals surface area contributed by atoms with Crippen LogP contribution in [-0.2, 0) is 18.4 Å². The van der Waals surface area contributed by atoms with Gasteiger partial charge in [-0.25, -0.2) is 0 Å². The van der Waals surface area contributed by atoms with Gasteiger partial charge in [0.2, 0.25) is 0 Å². The normalized spacial score (nSPS) is 14.8. The molecule has 0 spiro atoms. The second-order valence-electron chi connectivity index (χ2n) is 5.85. The number of benzene rings is 1. The summed E-state index contributed by atoms with van der Waals surface area (Å²) in [5.41, 5.74) is 4.86. The summed E-state index contributed by atoms with van der Waals surface area (Å²) in [6.45, 7) is 7.29. The molecule has 1 aliphatic rings. The van der Waals surface area contributed by atoms with E-state index in [9.17, 15) is 5.26 Å². The highest BCUT2D eigenvalue weighted by atomic mass is 15.0. The Morgan fingerprint density at radius 2 is 2.06 bits per heavy atom. The predicted molar refractivity (Wildman–Crippen MR) is 73.6 cm³/mol. The number of nitriles is 1. The van der Waals surface area contributed by atoms with Gasteiger partial charge in [-0.05, 0) is 56.9 Å². The second kappa shape index (κ2) is 3.62. The highest BCUT2D eigenvalue weighted by Crippen LogP contribution is 2.33. The van der Waals surface area contributed by atoms with E-state index in [2.05, 4.69) is 35.8 Å². The molecule has 0 atom stereocenters. The standard InChI is InChI=1S/C16H18N2/c1-11-7-13-9-14(16(2,3)10-17)8-12-5-4-6-18(11)15(12)13/h7-9H,4-6H2,1-3H3. The smallest absolute Gasteiger partial charge is 0.0766 e. The number of hydrogen-bond acceptors (Lipinski definition) is 1. The van der Waals surface area contributed by atoms with Gasteiger partial charge in [-0.2, -0.15) is 5.26 Å². The SMILES string of the molecule is Cc1cc2cc(C(C)(C)C#N)cc3c2n1CCC3. The molecule has 0 N–H and O–H groups in total. The Balaban J connectivity index is 2.33. The van der Waals surface area contributed by atoms with Crippen molar-refractivity contribution < 1.29 is 0 Å². The van der Waals surface area contributed by atoms with Gasteiger partial charge in [-0.1, -0.05) is 6.07 Å². The van der Waals surface area contributed by atoms with Crippen LogP contribution < -0.4 is 0 Å². The molecule has 2 aromatic rings. The number of rotatable bonds is 1. The zero-order chi connectivity index (χ0) is 12.9. The Labute approximate surface area is 108 Å². The first kappa shape index (κ1) is 11.3. The molecule has 1 aliphatic heterocycles. The van der Waals surface area contributed by atoms with Gasteiger partial charge in [0.1, 0.15) is 0 Å². The maximum Gasteiger partial charge on any atom is 0.0766 e. The van der Waals surface area contributed by atoms with Crippen LogP contribution in [0.4, 0.5) is 0 Å². The van der Waals surface area contributed by atoms with Gasteiger partial charge >= 0.3 is 0 Å². The number of hydrogen-bond donors (Lipinski definition) is 0. The molecule has 1 aromatic heterocycles. The quantitative estimate of drug-likeness (QED) is 0.744. The van der Waals surface area contributed by atoms with Gasteiger partial charge in [0.25, 0.3) is 0 Å². The summed E-state index contributed by atoms with van der Waals surface area (Å²) in [5, 5.41) is 10.6. The van der Waals surface area contributed by atoms with Crippen molar-refractivity contribution in [2.24, 2.45) is 0 Å². The van der Waals surface area contributed by atoms with E-state index in [0.29, 0.717) is 0 Å². The molecule has 92 valence electrons. The third kappa shape index (κ3) is 1.47. The molecule has 3 rings (SSSR count). The van der Waals surface area contributed by atoms with Crippen LogP contribution in [0.2, 0.25) is 0 Å². The summed E-state index contributed by atoms with van der Waals surface area (Å²) in [6, 6.07) is 9.09. The summed E-state index contributed by atoms with van der Waals surface area (Å²) < 4.78 is 2.41. The van der Waals surface area contributed by atoms with Crippen LogP contribution >= 0.6 is 0 Å². The van der Waals surface area contributed by atoms with Crippen molar-refractivity contribution >= 4 is 10.9 Å². The molecule has 0 amide bonds. The van der Waals surface area contributed by atoms with Crippen LogP contribution in [0.15, 0.2) is 18.2 Å². The molecule has 2 heteroatoms. The molecule has 0 saturated carbocycles. The Morgan fingerprint density at radius 3 is 2.78 bits per heavy atom. The van der Waals surface area contributed by atoms with Crippen molar-refractivity contribution in [1.82, 2.24) is 4.57 Å². The molecule has 0 saturated heterocycles. The van der Waals surface area contributed by atoms with Gasteiger partial charge in [0, 0.05) is 17.6 Å². The molecule has 1 aromatic carbocycles. The van der Waals surface area contributed by atoms with Crippen LogP contribution in [0.3, 0.4) is 0 Å². The van der Waals surface area contributed by atoms with Gasteiger partial charge in [-0.15, -0.1) is 0 Å². The molecule has 2 nitrogen and oxygen atoms in total. The molecule has 0 radical (unpaired) electrons. The molecule has 0 aliphatic carbocycles. The molecule has 0 unspecified atom stereocenters. The molecular weight excluding hydrogens is 220 g/mol. The minimum absolute atomic E-state index is 0.405. The lowest BCUT2D eigenvalue weighted by Crippen LogP contribution is -2.15. The fraction of sp³-hybridized carbons (Fsp3) is 0.438. The lowest BCUT2D eigenvalue weighted by molar-refractivity contribution is 0.620. The monoisotopic (exact) mass is 238 g/mol. The minimum atomic E-state index is -0.405. The van der Waals surface area contributed by atoms with Crippen LogP contribution in [0.5, 0.6) is 0 Å². The Kier molecular flexibility index (Phi) is 2.28. The van der Waals surface area contributed by atoms with E-state index in [-0.39, 0.29) is 0 Å². The van der Waals surface area contributed by atoms with E-state index in [1.54, 1.807) is 0 Å². The summed E-state index contributed by atoms with van der Waals surface area (Å²) in [6.07, 6.45) is 2.34. The molecule has 18 heavy (non-hydrogen) atoms. The van der Waals surface area contributed by atoms with Gasteiger partial charge in [0.05, 0.1) is 17.0 Å². The first-order chi connectivity index (χ1) is 8.53.